The highest BCUT2D eigenvalue weighted by Gasteiger charge is 2.16. The molecular formula is C20H21FN4O3S. The maximum atomic E-state index is 13.0. The molecule has 7 nitrogen and oxygen atoms in total. The zero-order chi connectivity index (χ0) is 20.9. The fourth-order valence-corrected chi connectivity index (χ4v) is 3.85. The number of aromatic amines is 1. The van der Waals surface area contributed by atoms with Gasteiger partial charge in [-0.05, 0) is 67.8 Å². The Bertz CT molecular complexity index is 1090. The molecule has 1 aromatic heterocycles. The number of hydrogen-bond donors (Lipinski definition) is 3. The number of carbonyl (C=O) groups is 1. The summed E-state index contributed by atoms with van der Waals surface area (Å²) in [5, 5.41) is 9.61. The van der Waals surface area contributed by atoms with Crippen molar-refractivity contribution in [3.05, 3.63) is 77.4 Å². The molecule has 0 fully saturated rings. The highest BCUT2D eigenvalue weighted by molar-refractivity contribution is 7.92. The number of rotatable bonds is 8. The van der Waals surface area contributed by atoms with Crippen molar-refractivity contribution in [3.8, 4) is 0 Å². The molecule has 0 unspecified atom stereocenters. The van der Waals surface area contributed by atoms with Crippen LogP contribution in [0.15, 0.2) is 59.6 Å². The summed E-state index contributed by atoms with van der Waals surface area (Å²) in [6.07, 6.45) is 3.27. The summed E-state index contributed by atoms with van der Waals surface area (Å²) < 4.78 is 40.4. The molecule has 2 aromatic carbocycles. The van der Waals surface area contributed by atoms with Gasteiger partial charge in [-0.25, -0.2) is 12.8 Å². The fraction of sp³-hybridized carbons (Fsp3) is 0.200. The third-order valence-corrected chi connectivity index (χ3v) is 5.72. The van der Waals surface area contributed by atoms with Crippen LogP contribution in [0, 0.1) is 12.7 Å². The number of sulfonamides is 1. The summed E-state index contributed by atoms with van der Waals surface area (Å²) in [6, 6.07) is 10.7. The lowest BCUT2D eigenvalue weighted by molar-refractivity contribution is 0.0953. The third-order valence-electron chi connectivity index (χ3n) is 4.35. The minimum Gasteiger partial charge on any atom is -0.352 e. The largest absolute Gasteiger partial charge is 0.352 e. The Labute approximate surface area is 168 Å². The maximum absolute atomic E-state index is 13.0. The smallest absolute Gasteiger partial charge is 0.261 e. The Morgan fingerprint density at radius 2 is 1.93 bits per heavy atom. The van der Waals surface area contributed by atoms with E-state index in [1.54, 1.807) is 12.3 Å². The molecule has 0 atom stereocenters. The quantitative estimate of drug-likeness (QED) is 0.491. The second kappa shape index (κ2) is 8.87. The van der Waals surface area contributed by atoms with Crippen LogP contribution in [-0.4, -0.2) is 31.1 Å². The van der Waals surface area contributed by atoms with E-state index in [1.165, 1.54) is 30.3 Å². The van der Waals surface area contributed by atoms with Gasteiger partial charge in [0.15, 0.2) is 0 Å². The predicted octanol–water partition coefficient (Wildman–Crippen LogP) is 3.02. The van der Waals surface area contributed by atoms with E-state index in [0.29, 0.717) is 6.54 Å². The van der Waals surface area contributed by atoms with Crippen LogP contribution in [0.1, 0.15) is 28.0 Å². The molecule has 0 saturated heterocycles. The normalized spacial score (nSPS) is 11.2. The molecule has 3 N–H and O–H groups in total. The van der Waals surface area contributed by atoms with Crippen LogP contribution in [0.25, 0.3) is 0 Å². The number of hydrogen-bond acceptors (Lipinski definition) is 4. The number of carbonyl (C=O) groups excluding carboxylic acids is 1. The number of aryl methyl sites for hydroxylation is 2. The van der Waals surface area contributed by atoms with Gasteiger partial charge in [0.2, 0.25) is 0 Å². The zero-order valence-corrected chi connectivity index (χ0v) is 16.6. The number of aromatic nitrogens is 2. The topological polar surface area (TPSA) is 104 Å². The minimum atomic E-state index is -3.90. The van der Waals surface area contributed by atoms with Crippen LogP contribution < -0.4 is 10.0 Å². The van der Waals surface area contributed by atoms with Crippen molar-refractivity contribution < 1.29 is 17.6 Å². The predicted molar refractivity (Wildman–Crippen MR) is 108 cm³/mol. The Kier molecular flexibility index (Phi) is 6.28. The van der Waals surface area contributed by atoms with E-state index in [1.807, 2.05) is 6.92 Å². The summed E-state index contributed by atoms with van der Waals surface area (Å²) in [5.41, 5.74) is 2.57. The first-order valence-electron chi connectivity index (χ1n) is 9.01. The lowest BCUT2D eigenvalue weighted by Crippen LogP contribution is -2.25. The van der Waals surface area contributed by atoms with E-state index >= 15 is 0 Å². The van der Waals surface area contributed by atoms with Gasteiger partial charge in [-0.3, -0.25) is 14.6 Å². The number of amides is 1. The van der Waals surface area contributed by atoms with Crippen molar-refractivity contribution in [2.24, 2.45) is 0 Å². The Morgan fingerprint density at radius 3 is 2.62 bits per heavy atom. The number of benzene rings is 2. The van der Waals surface area contributed by atoms with Crippen LogP contribution >= 0.6 is 0 Å². The number of H-pyrrole nitrogens is 1. The van der Waals surface area contributed by atoms with Gasteiger partial charge in [-0.1, -0.05) is 6.07 Å². The van der Waals surface area contributed by atoms with Gasteiger partial charge < -0.3 is 5.32 Å². The summed E-state index contributed by atoms with van der Waals surface area (Å²) in [4.78, 5) is 12.3. The summed E-state index contributed by atoms with van der Waals surface area (Å²) in [7, 11) is -3.90. The lowest BCUT2D eigenvalue weighted by Gasteiger charge is -2.10. The first kappa shape index (κ1) is 20.5. The number of anilines is 1. The van der Waals surface area contributed by atoms with Crippen LogP contribution in [0.5, 0.6) is 0 Å². The molecule has 1 heterocycles. The van der Waals surface area contributed by atoms with E-state index in [0.717, 1.165) is 36.2 Å². The molecule has 3 rings (SSSR count). The Balaban J connectivity index is 1.61. The van der Waals surface area contributed by atoms with E-state index in [-0.39, 0.29) is 22.1 Å². The molecule has 0 saturated carbocycles. The molecule has 0 bridgehead atoms. The molecule has 1 amide bonds. The average Bonchev–Trinajstić information content (AvgIpc) is 3.11. The van der Waals surface area contributed by atoms with Gasteiger partial charge in [0.25, 0.3) is 15.9 Å². The highest BCUT2D eigenvalue weighted by atomic mass is 32.2. The van der Waals surface area contributed by atoms with Crippen molar-refractivity contribution in [3.63, 3.8) is 0 Å². The summed E-state index contributed by atoms with van der Waals surface area (Å²) in [5.74, 6) is -0.817. The van der Waals surface area contributed by atoms with Crippen molar-refractivity contribution in [2.75, 3.05) is 11.3 Å². The maximum Gasteiger partial charge on any atom is 0.261 e. The van der Waals surface area contributed by atoms with Gasteiger partial charge >= 0.3 is 0 Å². The first-order chi connectivity index (χ1) is 13.8. The first-order valence-corrected chi connectivity index (χ1v) is 10.5. The Hall–Kier alpha value is -3.20. The Morgan fingerprint density at radius 1 is 1.17 bits per heavy atom. The van der Waals surface area contributed by atoms with Gasteiger partial charge in [0, 0.05) is 23.5 Å². The van der Waals surface area contributed by atoms with E-state index < -0.39 is 15.8 Å². The summed E-state index contributed by atoms with van der Waals surface area (Å²) >= 11 is 0. The van der Waals surface area contributed by atoms with Crippen molar-refractivity contribution in [1.29, 1.82) is 0 Å². The van der Waals surface area contributed by atoms with Crippen LogP contribution in [0.2, 0.25) is 0 Å². The molecular weight excluding hydrogens is 395 g/mol. The molecule has 0 radical (unpaired) electrons. The van der Waals surface area contributed by atoms with E-state index in [9.17, 15) is 17.6 Å². The number of halogens is 1. The van der Waals surface area contributed by atoms with Crippen LogP contribution in [0.4, 0.5) is 10.1 Å². The van der Waals surface area contributed by atoms with Gasteiger partial charge in [0.05, 0.1) is 11.1 Å². The number of nitrogens with one attached hydrogen (secondary N) is 3. The second-order valence-electron chi connectivity index (χ2n) is 6.52. The molecule has 0 spiro atoms. The number of nitrogens with zero attached hydrogens (tertiary/aromatic N) is 1. The molecule has 3 aromatic rings. The van der Waals surface area contributed by atoms with Gasteiger partial charge in [-0.2, -0.15) is 5.10 Å². The lowest BCUT2D eigenvalue weighted by atomic mass is 10.1. The molecule has 29 heavy (non-hydrogen) atoms. The van der Waals surface area contributed by atoms with Crippen LogP contribution in [0.3, 0.4) is 0 Å². The van der Waals surface area contributed by atoms with E-state index in [2.05, 4.69) is 20.2 Å². The molecule has 9 heteroatoms. The third kappa shape index (κ3) is 5.41. The fourth-order valence-electron chi connectivity index (χ4n) is 2.75. The molecule has 0 aliphatic heterocycles. The van der Waals surface area contributed by atoms with Gasteiger partial charge in [-0.15, -0.1) is 0 Å². The van der Waals surface area contributed by atoms with Crippen molar-refractivity contribution in [2.45, 2.75) is 24.7 Å². The molecule has 0 aliphatic rings. The SMILES string of the molecule is Cc1[nH]ncc1CCCNC(=O)c1cccc(S(=O)(=O)Nc2ccc(F)cc2)c1. The van der Waals surface area contributed by atoms with Crippen LogP contribution in [-0.2, 0) is 16.4 Å². The van der Waals surface area contributed by atoms with Crippen molar-refractivity contribution in [1.82, 2.24) is 15.5 Å². The average molecular weight is 416 g/mol. The molecule has 152 valence electrons. The zero-order valence-electron chi connectivity index (χ0n) is 15.8. The van der Waals surface area contributed by atoms with Gasteiger partial charge in [0.1, 0.15) is 5.82 Å². The monoisotopic (exact) mass is 416 g/mol. The minimum absolute atomic E-state index is 0.0523. The second-order valence-corrected chi connectivity index (χ2v) is 8.20. The van der Waals surface area contributed by atoms with E-state index in [4.69, 9.17) is 0 Å². The van der Waals surface area contributed by atoms with Crippen molar-refractivity contribution >= 4 is 21.6 Å². The molecule has 0 aliphatic carbocycles. The summed E-state index contributed by atoms with van der Waals surface area (Å²) in [6.45, 7) is 2.39. The highest BCUT2D eigenvalue weighted by Crippen LogP contribution is 2.17. The standard InChI is InChI=1S/C20H21FN4O3S/c1-14-16(13-23-24-14)5-3-11-22-20(26)15-4-2-6-19(12-15)29(27,28)25-18-9-7-17(21)8-10-18/h2,4,6-10,12-13,25H,3,5,11H2,1H3,(H,22,26)(H,23,24).